The molecule has 0 radical (unpaired) electrons. The van der Waals surface area contributed by atoms with Crippen LogP contribution in [0.2, 0.25) is 0 Å². The highest BCUT2D eigenvalue weighted by atomic mass is 32.2. The number of benzene rings is 3. The van der Waals surface area contributed by atoms with Crippen LogP contribution in [0.1, 0.15) is 35.3 Å². The predicted octanol–water partition coefficient (Wildman–Crippen LogP) is 5.61. The number of hydrogen-bond donors (Lipinski definition) is 0. The van der Waals surface area contributed by atoms with Crippen molar-refractivity contribution < 1.29 is 9.18 Å². The summed E-state index contributed by atoms with van der Waals surface area (Å²) in [5.74, 6) is 0.0574. The Labute approximate surface area is 202 Å². The predicted molar refractivity (Wildman–Crippen MR) is 135 cm³/mol. The highest BCUT2D eigenvalue weighted by Crippen LogP contribution is 2.26. The van der Waals surface area contributed by atoms with Gasteiger partial charge >= 0.3 is 0 Å². The summed E-state index contributed by atoms with van der Waals surface area (Å²) in [6.45, 7) is 7.08. The van der Waals surface area contributed by atoms with E-state index in [0.29, 0.717) is 46.2 Å². The van der Waals surface area contributed by atoms with Gasteiger partial charge in [0.25, 0.3) is 11.5 Å². The van der Waals surface area contributed by atoms with Crippen molar-refractivity contribution in [3.05, 3.63) is 99.6 Å². The SMILES string of the molecule is CCN(CC)C(=O)c1ccc2c(=O)n(-c3cccc(F)c3)c(SCc3ccc(C)cc3)nc2c1. The van der Waals surface area contributed by atoms with E-state index in [0.717, 1.165) is 5.56 Å². The lowest BCUT2D eigenvalue weighted by molar-refractivity contribution is 0.0773. The van der Waals surface area contributed by atoms with Crippen LogP contribution in [0, 0.1) is 12.7 Å². The van der Waals surface area contributed by atoms with Gasteiger partial charge in [0.1, 0.15) is 5.82 Å². The first kappa shape index (κ1) is 23.7. The average Bonchev–Trinajstić information content (AvgIpc) is 2.84. The van der Waals surface area contributed by atoms with Gasteiger partial charge in [-0.05, 0) is 62.7 Å². The molecular formula is C27H26FN3O2S. The second-order valence-electron chi connectivity index (χ2n) is 8.00. The van der Waals surface area contributed by atoms with Gasteiger partial charge in [0.2, 0.25) is 0 Å². The number of thioether (sulfide) groups is 1. The zero-order valence-corrected chi connectivity index (χ0v) is 20.2. The highest BCUT2D eigenvalue weighted by molar-refractivity contribution is 7.98. The van der Waals surface area contributed by atoms with Crippen molar-refractivity contribution in [3.8, 4) is 5.69 Å². The zero-order valence-electron chi connectivity index (χ0n) is 19.4. The van der Waals surface area contributed by atoms with Crippen LogP contribution in [0.4, 0.5) is 4.39 Å². The lowest BCUT2D eigenvalue weighted by Crippen LogP contribution is -2.30. The Morgan fingerprint density at radius 2 is 1.76 bits per heavy atom. The van der Waals surface area contributed by atoms with E-state index in [1.165, 1.54) is 34.0 Å². The summed E-state index contributed by atoms with van der Waals surface area (Å²) in [6, 6.07) is 19.0. The van der Waals surface area contributed by atoms with Gasteiger partial charge in [-0.1, -0.05) is 47.7 Å². The number of carbonyl (C=O) groups excluding carboxylic acids is 1. The first-order chi connectivity index (χ1) is 16.4. The fourth-order valence-corrected chi connectivity index (χ4v) is 4.73. The molecule has 0 saturated heterocycles. The monoisotopic (exact) mass is 475 g/mol. The van der Waals surface area contributed by atoms with Gasteiger partial charge in [0.05, 0.1) is 16.6 Å². The molecule has 0 aliphatic carbocycles. The summed E-state index contributed by atoms with van der Waals surface area (Å²) in [5.41, 5.74) is 3.29. The second-order valence-corrected chi connectivity index (χ2v) is 8.94. The summed E-state index contributed by atoms with van der Waals surface area (Å²) in [4.78, 5) is 32.9. The highest BCUT2D eigenvalue weighted by Gasteiger charge is 2.18. The van der Waals surface area contributed by atoms with E-state index in [9.17, 15) is 14.0 Å². The molecule has 0 atom stereocenters. The number of hydrogen-bond acceptors (Lipinski definition) is 4. The van der Waals surface area contributed by atoms with E-state index < -0.39 is 5.82 Å². The lowest BCUT2D eigenvalue weighted by atomic mass is 10.1. The van der Waals surface area contributed by atoms with Gasteiger partial charge in [-0.25, -0.2) is 9.37 Å². The van der Waals surface area contributed by atoms with Crippen molar-refractivity contribution in [2.24, 2.45) is 0 Å². The van der Waals surface area contributed by atoms with Gasteiger partial charge in [0, 0.05) is 24.4 Å². The van der Waals surface area contributed by atoms with Crippen molar-refractivity contribution in [3.63, 3.8) is 0 Å². The number of halogens is 1. The number of aromatic nitrogens is 2. The maximum Gasteiger partial charge on any atom is 0.266 e. The van der Waals surface area contributed by atoms with Crippen LogP contribution in [0.3, 0.4) is 0 Å². The van der Waals surface area contributed by atoms with E-state index in [4.69, 9.17) is 4.98 Å². The molecule has 0 saturated carbocycles. The maximum absolute atomic E-state index is 14.0. The number of carbonyl (C=O) groups is 1. The van der Waals surface area contributed by atoms with E-state index in [-0.39, 0.29) is 11.5 Å². The Balaban J connectivity index is 1.84. The minimum atomic E-state index is -0.431. The third-order valence-electron chi connectivity index (χ3n) is 5.69. The molecule has 0 aliphatic rings. The fourth-order valence-electron chi connectivity index (χ4n) is 3.76. The second kappa shape index (κ2) is 10.2. The molecule has 34 heavy (non-hydrogen) atoms. The molecular weight excluding hydrogens is 449 g/mol. The number of amides is 1. The number of rotatable bonds is 7. The normalized spacial score (nSPS) is 11.1. The number of fused-ring (bicyclic) bond motifs is 1. The van der Waals surface area contributed by atoms with Crippen LogP contribution in [0.25, 0.3) is 16.6 Å². The first-order valence-corrected chi connectivity index (χ1v) is 12.2. The number of nitrogens with zero attached hydrogens (tertiary/aromatic N) is 3. The fraction of sp³-hybridized carbons (Fsp3) is 0.222. The molecule has 3 aromatic carbocycles. The first-order valence-electron chi connectivity index (χ1n) is 11.2. The Kier molecular flexibility index (Phi) is 7.12. The van der Waals surface area contributed by atoms with Crippen LogP contribution in [0.5, 0.6) is 0 Å². The zero-order chi connectivity index (χ0) is 24.2. The summed E-state index contributed by atoms with van der Waals surface area (Å²) in [7, 11) is 0. The van der Waals surface area contributed by atoms with Crippen LogP contribution in [0.15, 0.2) is 76.7 Å². The van der Waals surface area contributed by atoms with Crippen molar-refractivity contribution in [1.82, 2.24) is 14.5 Å². The largest absolute Gasteiger partial charge is 0.339 e. The molecule has 0 unspecified atom stereocenters. The number of aryl methyl sites for hydroxylation is 1. The quantitative estimate of drug-likeness (QED) is 0.258. The summed E-state index contributed by atoms with van der Waals surface area (Å²) < 4.78 is 15.5. The average molecular weight is 476 g/mol. The molecule has 0 bridgehead atoms. The van der Waals surface area contributed by atoms with E-state index in [1.807, 2.05) is 45.0 Å². The minimum Gasteiger partial charge on any atom is -0.339 e. The third-order valence-corrected chi connectivity index (χ3v) is 6.70. The molecule has 7 heteroatoms. The van der Waals surface area contributed by atoms with Gasteiger partial charge in [-0.3, -0.25) is 14.2 Å². The molecule has 1 amide bonds. The van der Waals surface area contributed by atoms with Crippen molar-refractivity contribution in [1.29, 1.82) is 0 Å². The Morgan fingerprint density at radius 1 is 1.03 bits per heavy atom. The smallest absolute Gasteiger partial charge is 0.266 e. The summed E-state index contributed by atoms with van der Waals surface area (Å²) >= 11 is 1.40. The van der Waals surface area contributed by atoms with Crippen LogP contribution >= 0.6 is 11.8 Å². The molecule has 5 nitrogen and oxygen atoms in total. The Hall–Kier alpha value is -3.45. The molecule has 0 spiro atoms. The van der Waals surface area contributed by atoms with Gasteiger partial charge in [-0.15, -0.1) is 0 Å². The molecule has 0 fully saturated rings. The standard InChI is InChI=1S/C27H26FN3O2S/c1-4-30(5-2)25(32)20-13-14-23-24(15-20)29-27(34-17-19-11-9-18(3)10-12-19)31(26(23)33)22-8-6-7-21(28)16-22/h6-16H,4-5,17H2,1-3H3. The third kappa shape index (κ3) is 4.89. The van der Waals surface area contributed by atoms with Gasteiger partial charge in [-0.2, -0.15) is 0 Å². The molecule has 1 heterocycles. The van der Waals surface area contributed by atoms with Crippen molar-refractivity contribution in [2.45, 2.75) is 31.7 Å². The lowest BCUT2D eigenvalue weighted by Gasteiger charge is -2.19. The molecule has 4 aromatic rings. The van der Waals surface area contributed by atoms with Crippen LogP contribution in [-0.4, -0.2) is 33.4 Å². The van der Waals surface area contributed by atoms with Gasteiger partial charge in [0.15, 0.2) is 5.16 Å². The minimum absolute atomic E-state index is 0.100. The van der Waals surface area contributed by atoms with Crippen LogP contribution < -0.4 is 5.56 Å². The topological polar surface area (TPSA) is 55.2 Å². The molecule has 4 rings (SSSR count). The molecule has 0 N–H and O–H groups in total. The van der Waals surface area contributed by atoms with E-state index >= 15 is 0 Å². The summed E-state index contributed by atoms with van der Waals surface area (Å²) in [6.07, 6.45) is 0. The Morgan fingerprint density at radius 3 is 2.44 bits per heavy atom. The van der Waals surface area contributed by atoms with Gasteiger partial charge < -0.3 is 4.90 Å². The molecule has 174 valence electrons. The maximum atomic E-state index is 14.0. The summed E-state index contributed by atoms with van der Waals surface area (Å²) in [5, 5.41) is 0.816. The van der Waals surface area contributed by atoms with E-state index in [2.05, 4.69) is 0 Å². The van der Waals surface area contributed by atoms with Crippen LogP contribution in [-0.2, 0) is 5.75 Å². The molecule has 1 aromatic heterocycles. The van der Waals surface area contributed by atoms with E-state index in [1.54, 1.807) is 35.2 Å². The van der Waals surface area contributed by atoms with Crippen molar-refractivity contribution >= 4 is 28.6 Å². The Bertz CT molecular complexity index is 1400. The molecule has 0 aliphatic heterocycles. The van der Waals surface area contributed by atoms with Crippen molar-refractivity contribution in [2.75, 3.05) is 13.1 Å².